The molecule has 3 heterocycles. The van der Waals surface area contributed by atoms with E-state index in [0.29, 0.717) is 18.7 Å². The zero-order valence-corrected chi connectivity index (χ0v) is 20.5. The third kappa shape index (κ3) is 6.18. The van der Waals surface area contributed by atoms with Crippen molar-refractivity contribution in [1.82, 2.24) is 14.9 Å². The SMILES string of the molecule is CC(C)(C)OC(=O)N1CCC(c2[nH]c(-c3ccnc(C=Cc4ccccc4)c3)cc2C(N)=O)CC1. The summed E-state index contributed by atoms with van der Waals surface area (Å²) in [6, 6.07) is 15.7. The highest BCUT2D eigenvalue weighted by Crippen LogP contribution is 2.33. The lowest BCUT2D eigenvalue weighted by Crippen LogP contribution is -2.41. The number of nitrogens with zero attached hydrogens (tertiary/aromatic N) is 2. The molecule has 3 N–H and O–H groups in total. The molecule has 2 aromatic heterocycles. The van der Waals surface area contributed by atoms with Gasteiger partial charge in [-0.15, -0.1) is 0 Å². The van der Waals surface area contributed by atoms with Crippen molar-refractivity contribution in [2.45, 2.75) is 45.1 Å². The minimum atomic E-state index is -0.527. The Hall–Kier alpha value is -3.87. The van der Waals surface area contributed by atoms with Crippen LogP contribution in [0.25, 0.3) is 23.4 Å². The Morgan fingerprint density at radius 2 is 1.80 bits per heavy atom. The molecule has 0 unspecified atom stereocenters. The lowest BCUT2D eigenvalue weighted by Gasteiger charge is -2.33. The number of amides is 2. The van der Waals surface area contributed by atoms with Crippen molar-refractivity contribution >= 4 is 24.2 Å². The van der Waals surface area contributed by atoms with Crippen LogP contribution in [0.2, 0.25) is 0 Å². The molecule has 0 aliphatic carbocycles. The number of carbonyl (C=O) groups excluding carboxylic acids is 2. The van der Waals surface area contributed by atoms with Crippen molar-refractivity contribution in [1.29, 1.82) is 0 Å². The Morgan fingerprint density at radius 3 is 2.46 bits per heavy atom. The third-order valence-electron chi connectivity index (χ3n) is 6.01. The molecule has 7 heteroatoms. The van der Waals surface area contributed by atoms with E-state index < -0.39 is 11.5 Å². The number of rotatable bonds is 5. The van der Waals surface area contributed by atoms with Gasteiger partial charge in [-0.2, -0.15) is 0 Å². The number of piperidine rings is 1. The molecule has 1 fully saturated rings. The summed E-state index contributed by atoms with van der Waals surface area (Å²) in [7, 11) is 0. The first-order chi connectivity index (χ1) is 16.7. The fourth-order valence-electron chi connectivity index (χ4n) is 4.28. The Labute approximate surface area is 206 Å². The smallest absolute Gasteiger partial charge is 0.410 e. The van der Waals surface area contributed by atoms with Gasteiger partial charge in [0.2, 0.25) is 0 Å². The van der Waals surface area contributed by atoms with Gasteiger partial charge in [-0.3, -0.25) is 9.78 Å². The molecule has 0 radical (unpaired) electrons. The molecule has 0 spiro atoms. The molecule has 1 saturated heterocycles. The zero-order valence-electron chi connectivity index (χ0n) is 20.5. The first-order valence-corrected chi connectivity index (χ1v) is 11.9. The molecule has 1 aromatic carbocycles. The Balaban J connectivity index is 1.51. The van der Waals surface area contributed by atoms with Gasteiger partial charge in [-0.1, -0.05) is 36.4 Å². The van der Waals surface area contributed by atoms with E-state index in [-0.39, 0.29) is 12.0 Å². The number of hydrogen-bond donors (Lipinski definition) is 2. The molecule has 1 aliphatic rings. The van der Waals surface area contributed by atoms with Crippen LogP contribution in [0.4, 0.5) is 4.79 Å². The van der Waals surface area contributed by atoms with E-state index in [1.54, 1.807) is 11.1 Å². The van der Waals surface area contributed by atoms with E-state index in [4.69, 9.17) is 10.5 Å². The van der Waals surface area contributed by atoms with E-state index >= 15 is 0 Å². The van der Waals surface area contributed by atoms with Gasteiger partial charge in [-0.05, 0) is 63.5 Å². The van der Waals surface area contributed by atoms with E-state index in [1.807, 2.05) is 81.5 Å². The molecule has 3 aromatic rings. The Bertz CT molecular complexity index is 1220. The van der Waals surface area contributed by atoms with Gasteiger partial charge in [0.1, 0.15) is 5.60 Å². The molecule has 7 nitrogen and oxygen atoms in total. The summed E-state index contributed by atoms with van der Waals surface area (Å²) in [6.07, 6.45) is 6.88. The van der Waals surface area contributed by atoms with Crippen molar-refractivity contribution in [3.8, 4) is 11.3 Å². The number of aromatic amines is 1. The number of aromatic nitrogens is 2. The van der Waals surface area contributed by atoms with Crippen molar-refractivity contribution < 1.29 is 14.3 Å². The average molecular weight is 473 g/mol. The number of ether oxygens (including phenoxy) is 1. The van der Waals surface area contributed by atoms with Crippen LogP contribution in [0.3, 0.4) is 0 Å². The molecule has 4 rings (SSSR count). The summed E-state index contributed by atoms with van der Waals surface area (Å²) in [4.78, 5) is 34.3. The van der Waals surface area contributed by atoms with Gasteiger partial charge in [0.15, 0.2) is 0 Å². The van der Waals surface area contributed by atoms with Crippen molar-refractivity contribution in [2.24, 2.45) is 5.73 Å². The molecular formula is C28H32N4O3. The van der Waals surface area contributed by atoms with Crippen LogP contribution in [-0.4, -0.2) is 45.6 Å². The largest absolute Gasteiger partial charge is 0.444 e. The van der Waals surface area contributed by atoms with E-state index in [0.717, 1.165) is 41.1 Å². The van der Waals surface area contributed by atoms with Gasteiger partial charge < -0.3 is 20.4 Å². The van der Waals surface area contributed by atoms with Crippen LogP contribution in [0.1, 0.15) is 66.8 Å². The van der Waals surface area contributed by atoms with Gasteiger partial charge in [0.25, 0.3) is 5.91 Å². The van der Waals surface area contributed by atoms with Gasteiger partial charge in [0.05, 0.1) is 11.3 Å². The summed E-state index contributed by atoms with van der Waals surface area (Å²) in [5.41, 5.74) is 10.2. The van der Waals surface area contributed by atoms with Crippen LogP contribution < -0.4 is 5.73 Å². The minimum absolute atomic E-state index is 0.101. The normalized spacial score (nSPS) is 14.9. The second-order valence-electron chi connectivity index (χ2n) is 9.83. The summed E-state index contributed by atoms with van der Waals surface area (Å²) in [5.74, 6) is -0.362. The van der Waals surface area contributed by atoms with E-state index in [9.17, 15) is 9.59 Å². The molecule has 0 atom stereocenters. The van der Waals surface area contributed by atoms with E-state index in [1.165, 1.54) is 0 Å². The molecule has 2 amide bonds. The molecule has 0 saturated carbocycles. The minimum Gasteiger partial charge on any atom is -0.444 e. The fraction of sp³-hybridized carbons (Fsp3) is 0.321. The quantitative estimate of drug-likeness (QED) is 0.515. The number of carbonyl (C=O) groups is 2. The maximum Gasteiger partial charge on any atom is 0.410 e. The van der Waals surface area contributed by atoms with Gasteiger partial charge >= 0.3 is 6.09 Å². The van der Waals surface area contributed by atoms with E-state index in [2.05, 4.69) is 9.97 Å². The number of nitrogens with one attached hydrogen (secondary N) is 1. The van der Waals surface area contributed by atoms with Crippen LogP contribution in [0.5, 0.6) is 0 Å². The summed E-state index contributed by atoms with van der Waals surface area (Å²) in [5, 5.41) is 0. The fourth-order valence-corrected chi connectivity index (χ4v) is 4.28. The highest BCUT2D eigenvalue weighted by molar-refractivity contribution is 5.96. The molecule has 1 aliphatic heterocycles. The van der Waals surface area contributed by atoms with Crippen molar-refractivity contribution in [2.75, 3.05) is 13.1 Å². The number of benzene rings is 1. The van der Waals surface area contributed by atoms with Crippen molar-refractivity contribution in [3.05, 3.63) is 77.2 Å². The predicted molar refractivity (Wildman–Crippen MR) is 138 cm³/mol. The van der Waals surface area contributed by atoms with Gasteiger partial charge in [0, 0.05) is 42.2 Å². The second kappa shape index (κ2) is 10.2. The highest BCUT2D eigenvalue weighted by atomic mass is 16.6. The maximum absolute atomic E-state index is 12.4. The lowest BCUT2D eigenvalue weighted by molar-refractivity contribution is 0.0203. The third-order valence-corrected chi connectivity index (χ3v) is 6.01. The number of pyridine rings is 1. The molecule has 182 valence electrons. The monoisotopic (exact) mass is 472 g/mol. The Morgan fingerprint density at radius 1 is 1.09 bits per heavy atom. The number of primary amides is 1. The summed E-state index contributed by atoms with van der Waals surface area (Å²) < 4.78 is 5.49. The number of H-pyrrole nitrogens is 1. The van der Waals surface area contributed by atoms with Gasteiger partial charge in [-0.25, -0.2) is 4.79 Å². The summed E-state index contributed by atoms with van der Waals surface area (Å²) >= 11 is 0. The molecular weight excluding hydrogens is 440 g/mol. The maximum atomic E-state index is 12.4. The number of hydrogen-bond acceptors (Lipinski definition) is 4. The Kier molecular flexibility index (Phi) is 7.05. The first kappa shape index (κ1) is 24.3. The van der Waals surface area contributed by atoms with Crippen LogP contribution >= 0.6 is 0 Å². The number of likely N-dealkylation sites (tertiary alicyclic amines) is 1. The highest BCUT2D eigenvalue weighted by Gasteiger charge is 2.30. The second-order valence-corrected chi connectivity index (χ2v) is 9.83. The molecule has 35 heavy (non-hydrogen) atoms. The standard InChI is InChI=1S/C28H32N4O3/c1-28(2,3)35-27(34)32-15-12-20(13-16-32)25-23(26(29)33)18-24(31-25)21-11-14-30-22(17-21)10-9-19-7-5-4-6-8-19/h4-11,14,17-18,20,31H,12-13,15-16H2,1-3H3,(H2,29,33). The van der Waals surface area contributed by atoms with Crippen LogP contribution in [0.15, 0.2) is 54.7 Å². The zero-order chi connectivity index (χ0) is 25.0. The number of nitrogens with two attached hydrogens (primary N) is 1. The summed E-state index contributed by atoms with van der Waals surface area (Å²) in [6.45, 7) is 6.71. The van der Waals surface area contributed by atoms with Crippen LogP contribution in [0, 0.1) is 0 Å². The molecule has 0 bridgehead atoms. The lowest BCUT2D eigenvalue weighted by atomic mass is 9.91. The first-order valence-electron chi connectivity index (χ1n) is 11.9. The van der Waals surface area contributed by atoms with Crippen molar-refractivity contribution in [3.63, 3.8) is 0 Å². The predicted octanol–water partition coefficient (Wildman–Crippen LogP) is 5.46. The topological polar surface area (TPSA) is 101 Å². The van der Waals surface area contributed by atoms with Crippen LogP contribution in [-0.2, 0) is 4.74 Å². The average Bonchev–Trinajstić information content (AvgIpc) is 3.29.